The lowest BCUT2D eigenvalue weighted by atomic mass is 9.96. The third kappa shape index (κ3) is 13.2. The summed E-state index contributed by atoms with van der Waals surface area (Å²) in [6.07, 6.45) is 2.22. The van der Waals surface area contributed by atoms with Crippen LogP contribution in [0, 0.1) is 0 Å². The Balaban J connectivity index is 1.96. The molecule has 4 bridgehead atoms. The van der Waals surface area contributed by atoms with Crippen LogP contribution >= 0.6 is 0 Å². The third-order valence-electron chi connectivity index (χ3n) is 8.85. The molecule has 0 aromatic heterocycles. The second kappa shape index (κ2) is 21.7. The van der Waals surface area contributed by atoms with Crippen molar-refractivity contribution in [1.29, 1.82) is 0 Å². The molecule has 5 amide bonds. The summed E-state index contributed by atoms with van der Waals surface area (Å²) in [6.45, 7) is 1.43. The Hall–Kier alpha value is -4.61. The molecule has 0 spiro atoms. The van der Waals surface area contributed by atoms with Crippen molar-refractivity contribution in [2.75, 3.05) is 32.7 Å². The van der Waals surface area contributed by atoms with Crippen molar-refractivity contribution in [3.8, 4) is 16.9 Å². The van der Waals surface area contributed by atoms with E-state index in [0.717, 1.165) is 11.1 Å². The van der Waals surface area contributed by atoms with E-state index >= 15 is 0 Å². The number of carbonyl (C=O) groups excluding carboxylic acids is 5. The topological polar surface area (TPSA) is 296 Å². The number of hydrogen-bond acceptors (Lipinski definition) is 11. The van der Waals surface area contributed by atoms with Crippen LogP contribution < -0.4 is 55.3 Å². The minimum Gasteiger partial charge on any atom is -0.508 e. The largest absolute Gasteiger partial charge is 0.508 e. The van der Waals surface area contributed by atoms with Gasteiger partial charge in [0.1, 0.15) is 23.9 Å². The quantitative estimate of drug-likeness (QED) is 0.0857. The lowest BCUT2D eigenvalue weighted by Crippen LogP contribution is -2.59. The van der Waals surface area contributed by atoms with Gasteiger partial charge in [-0.2, -0.15) is 0 Å². The number of nitrogens with one attached hydrogen (secondary N) is 5. The van der Waals surface area contributed by atoms with E-state index in [4.69, 9.17) is 28.7 Å². The number of carbonyl (C=O) groups is 5. The minimum atomic E-state index is -1.17. The zero-order valence-corrected chi connectivity index (χ0v) is 29.7. The molecule has 16 N–H and O–H groups in total. The highest BCUT2D eigenvalue weighted by Crippen LogP contribution is 2.28. The van der Waals surface area contributed by atoms with Crippen molar-refractivity contribution >= 4 is 29.5 Å². The molecule has 5 unspecified atom stereocenters. The van der Waals surface area contributed by atoms with Gasteiger partial charge in [0.25, 0.3) is 0 Å². The molecule has 16 heteroatoms. The molecule has 0 fully saturated rings. The molecule has 52 heavy (non-hydrogen) atoms. The highest BCUT2D eigenvalue weighted by molar-refractivity contribution is 5.95. The van der Waals surface area contributed by atoms with Gasteiger partial charge in [0.05, 0.1) is 6.04 Å². The standard InChI is InChI=1S/C36H56N10O6/c37-12-2-7-26(21-32(48)42-16-15-40)43-34(50)28(8-3-13-38)45-36(52)30-18-22-5-1-6-23(17-22)24-10-11-31(47)25(19-24)20-27(41)33(49)44-29(9-4-14-39)35(51)46-30/h1,5-6,10-11,17,19,26-30,47H,2-4,7-9,12-16,18,20-21,37-41H2,(H,42,48)(H,43,50)(H,44,49)(H,45,52)(H,46,51). The van der Waals surface area contributed by atoms with Crippen molar-refractivity contribution in [2.45, 2.75) is 88.0 Å². The third-order valence-corrected chi connectivity index (χ3v) is 8.85. The van der Waals surface area contributed by atoms with Gasteiger partial charge in [0, 0.05) is 38.4 Å². The molecule has 2 aromatic carbocycles. The zero-order chi connectivity index (χ0) is 38.0. The Morgan fingerprint density at radius 1 is 0.827 bits per heavy atom. The summed E-state index contributed by atoms with van der Waals surface area (Å²) in [4.78, 5) is 67.3. The first kappa shape index (κ1) is 41.8. The Morgan fingerprint density at radius 3 is 2.25 bits per heavy atom. The van der Waals surface area contributed by atoms with E-state index in [0.29, 0.717) is 49.9 Å². The van der Waals surface area contributed by atoms with E-state index < -0.39 is 53.8 Å². The molecule has 0 saturated carbocycles. The van der Waals surface area contributed by atoms with Gasteiger partial charge in [-0.3, -0.25) is 24.0 Å². The summed E-state index contributed by atoms with van der Waals surface area (Å²) in [5, 5.41) is 24.5. The average Bonchev–Trinajstić information content (AvgIpc) is 3.13. The highest BCUT2D eigenvalue weighted by Gasteiger charge is 2.32. The predicted octanol–water partition coefficient (Wildman–Crippen LogP) is -1.89. The molecular formula is C36H56N10O6. The summed E-state index contributed by atoms with van der Waals surface area (Å²) in [5.41, 5.74) is 31.7. The molecule has 3 rings (SSSR count). The first-order chi connectivity index (χ1) is 25.0. The Morgan fingerprint density at radius 2 is 1.54 bits per heavy atom. The number of phenolic OH excluding ortho intramolecular Hbond substituents is 1. The fraction of sp³-hybridized carbons (Fsp3) is 0.528. The fourth-order valence-corrected chi connectivity index (χ4v) is 5.98. The van der Waals surface area contributed by atoms with E-state index in [1.54, 1.807) is 12.1 Å². The van der Waals surface area contributed by atoms with Crippen LogP contribution in [0.2, 0.25) is 0 Å². The number of hydrogen-bond donors (Lipinski definition) is 11. The maximum Gasteiger partial charge on any atom is 0.243 e. The Kier molecular flexibility index (Phi) is 17.4. The van der Waals surface area contributed by atoms with Crippen LogP contribution in [-0.2, 0) is 36.8 Å². The zero-order valence-electron chi connectivity index (χ0n) is 29.7. The van der Waals surface area contributed by atoms with E-state index in [-0.39, 0.29) is 63.4 Å². The van der Waals surface area contributed by atoms with Crippen LogP contribution in [0.25, 0.3) is 11.1 Å². The molecular weight excluding hydrogens is 668 g/mol. The molecule has 286 valence electrons. The van der Waals surface area contributed by atoms with Gasteiger partial charge in [0.2, 0.25) is 29.5 Å². The van der Waals surface area contributed by atoms with Gasteiger partial charge in [-0.15, -0.1) is 0 Å². The molecule has 0 aliphatic carbocycles. The van der Waals surface area contributed by atoms with Gasteiger partial charge in [-0.25, -0.2) is 0 Å². The highest BCUT2D eigenvalue weighted by atomic mass is 16.3. The van der Waals surface area contributed by atoms with E-state index in [1.165, 1.54) is 6.07 Å². The second-order valence-electron chi connectivity index (χ2n) is 13.1. The maximum absolute atomic E-state index is 14.1. The summed E-state index contributed by atoms with van der Waals surface area (Å²) in [5.74, 6) is -2.68. The van der Waals surface area contributed by atoms with Crippen molar-refractivity contribution in [3.05, 3.63) is 53.6 Å². The summed E-state index contributed by atoms with van der Waals surface area (Å²) in [6, 6.07) is 7.47. The smallest absolute Gasteiger partial charge is 0.243 e. The number of rotatable bonds is 17. The minimum absolute atomic E-state index is 0.000405. The number of aromatic hydroxyl groups is 1. The first-order valence-electron chi connectivity index (χ1n) is 17.9. The summed E-state index contributed by atoms with van der Waals surface area (Å²) >= 11 is 0. The van der Waals surface area contributed by atoms with Crippen LogP contribution in [-0.4, -0.2) is 97.6 Å². The predicted molar refractivity (Wildman–Crippen MR) is 198 cm³/mol. The van der Waals surface area contributed by atoms with Gasteiger partial charge >= 0.3 is 0 Å². The van der Waals surface area contributed by atoms with Gasteiger partial charge < -0.3 is 60.4 Å². The normalized spacial score (nSPS) is 18.8. The number of amides is 5. The second-order valence-corrected chi connectivity index (χ2v) is 13.1. The Bertz CT molecular complexity index is 1510. The molecule has 0 radical (unpaired) electrons. The monoisotopic (exact) mass is 724 g/mol. The number of fused-ring (bicyclic) bond motifs is 5. The van der Waals surface area contributed by atoms with Crippen LogP contribution in [0.5, 0.6) is 5.75 Å². The first-order valence-corrected chi connectivity index (χ1v) is 17.9. The van der Waals surface area contributed by atoms with Crippen LogP contribution in [0.4, 0.5) is 0 Å². The molecule has 1 aliphatic heterocycles. The van der Waals surface area contributed by atoms with Crippen LogP contribution in [0.1, 0.15) is 56.1 Å². The molecule has 1 aliphatic rings. The van der Waals surface area contributed by atoms with Crippen molar-refractivity contribution in [3.63, 3.8) is 0 Å². The SMILES string of the molecule is NCCCC(CC(=O)NCCN)NC(=O)C(CCCN)NC(=O)C1Cc2cccc(c2)-c2ccc(O)c(c2)CC(N)C(=O)NC(CCCN)C(=O)N1. The van der Waals surface area contributed by atoms with E-state index in [1.807, 2.05) is 24.3 Å². The maximum atomic E-state index is 14.1. The van der Waals surface area contributed by atoms with E-state index in [2.05, 4.69) is 26.6 Å². The number of phenols is 1. The van der Waals surface area contributed by atoms with Gasteiger partial charge in [0.15, 0.2) is 0 Å². The lowest BCUT2D eigenvalue weighted by Gasteiger charge is -2.27. The number of nitrogens with two attached hydrogens (primary N) is 5. The molecule has 1 heterocycles. The molecule has 0 saturated heterocycles. The van der Waals surface area contributed by atoms with Crippen LogP contribution in [0.15, 0.2) is 42.5 Å². The summed E-state index contributed by atoms with van der Waals surface area (Å²) < 4.78 is 0. The molecule has 2 aromatic rings. The molecule has 16 nitrogen and oxygen atoms in total. The molecule has 5 atom stereocenters. The van der Waals surface area contributed by atoms with Gasteiger partial charge in [-0.05, 0) is 92.5 Å². The summed E-state index contributed by atoms with van der Waals surface area (Å²) in [7, 11) is 0. The lowest BCUT2D eigenvalue weighted by molar-refractivity contribution is -0.134. The van der Waals surface area contributed by atoms with Gasteiger partial charge in [-0.1, -0.05) is 30.3 Å². The van der Waals surface area contributed by atoms with Crippen molar-refractivity contribution in [1.82, 2.24) is 26.6 Å². The fourth-order valence-electron chi connectivity index (χ4n) is 5.98. The average molecular weight is 725 g/mol. The number of benzene rings is 2. The van der Waals surface area contributed by atoms with Crippen LogP contribution in [0.3, 0.4) is 0 Å². The Labute approximate surface area is 304 Å². The van der Waals surface area contributed by atoms with E-state index in [9.17, 15) is 29.1 Å². The van der Waals surface area contributed by atoms with Crippen molar-refractivity contribution in [2.24, 2.45) is 28.7 Å². The van der Waals surface area contributed by atoms with Crippen molar-refractivity contribution < 1.29 is 29.1 Å².